The van der Waals surface area contributed by atoms with E-state index in [0.717, 1.165) is 5.56 Å². The molecule has 0 aliphatic carbocycles. The highest BCUT2D eigenvalue weighted by Gasteiger charge is 2.06. The summed E-state index contributed by atoms with van der Waals surface area (Å²) in [5, 5.41) is 11.0. The number of hydrogen-bond acceptors (Lipinski definition) is 3. The molecule has 92 valence electrons. The highest BCUT2D eigenvalue weighted by atomic mass is 35.5. The number of aryl methyl sites for hydroxylation is 1. The number of nitro groups is 1. The number of nitro benzene ring substituents is 1. The molecule has 0 bridgehead atoms. The number of rotatable bonds is 3. The zero-order valence-electron chi connectivity index (χ0n) is 9.59. The Morgan fingerprint density at radius 2 is 1.83 bits per heavy atom. The lowest BCUT2D eigenvalue weighted by Crippen LogP contribution is -1.89. The van der Waals surface area contributed by atoms with Crippen molar-refractivity contribution in [1.29, 1.82) is 0 Å². The highest BCUT2D eigenvalue weighted by molar-refractivity contribution is 6.32. The standard InChI is InChI=1S/C13H10ClNO3/c1-9-2-7-13(12(14)8-9)18-11-5-3-10(4-6-11)15(16)17/h2-8H,1H3. The van der Waals surface area contributed by atoms with Crippen molar-refractivity contribution in [3.63, 3.8) is 0 Å². The third-order valence-corrected chi connectivity index (χ3v) is 2.66. The van der Waals surface area contributed by atoms with Gasteiger partial charge >= 0.3 is 0 Å². The van der Waals surface area contributed by atoms with Crippen LogP contribution in [0.5, 0.6) is 11.5 Å². The highest BCUT2D eigenvalue weighted by Crippen LogP contribution is 2.30. The van der Waals surface area contributed by atoms with Crippen LogP contribution in [-0.2, 0) is 0 Å². The van der Waals surface area contributed by atoms with E-state index in [-0.39, 0.29) is 5.69 Å². The Morgan fingerprint density at radius 1 is 1.17 bits per heavy atom. The lowest BCUT2D eigenvalue weighted by atomic mass is 10.2. The van der Waals surface area contributed by atoms with Gasteiger partial charge in [-0.1, -0.05) is 17.7 Å². The first-order valence-electron chi connectivity index (χ1n) is 5.25. The smallest absolute Gasteiger partial charge is 0.269 e. The van der Waals surface area contributed by atoms with E-state index in [4.69, 9.17) is 16.3 Å². The fraction of sp³-hybridized carbons (Fsp3) is 0.0769. The summed E-state index contributed by atoms with van der Waals surface area (Å²) in [4.78, 5) is 10.1. The van der Waals surface area contributed by atoms with E-state index in [2.05, 4.69) is 0 Å². The summed E-state index contributed by atoms with van der Waals surface area (Å²) in [5.41, 5.74) is 1.06. The van der Waals surface area contributed by atoms with Crippen molar-refractivity contribution in [1.82, 2.24) is 0 Å². The van der Waals surface area contributed by atoms with E-state index >= 15 is 0 Å². The number of non-ortho nitro benzene ring substituents is 1. The topological polar surface area (TPSA) is 52.4 Å². The van der Waals surface area contributed by atoms with Gasteiger partial charge in [0.25, 0.3) is 5.69 Å². The van der Waals surface area contributed by atoms with Gasteiger partial charge in [-0.15, -0.1) is 0 Å². The van der Waals surface area contributed by atoms with Gasteiger partial charge in [-0.3, -0.25) is 10.1 Å². The molecule has 0 N–H and O–H groups in total. The molecule has 0 saturated heterocycles. The van der Waals surface area contributed by atoms with Crippen molar-refractivity contribution in [3.8, 4) is 11.5 Å². The second-order valence-corrected chi connectivity index (χ2v) is 4.19. The summed E-state index contributed by atoms with van der Waals surface area (Å²) >= 11 is 6.03. The molecule has 0 aliphatic heterocycles. The van der Waals surface area contributed by atoms with Crippen LogP contribution in [0.3, 0.4) is 0 Å². The van der Waals surface area contributed by atoms with Crippen LogP contribution in [0, 0.1) is 17.0 Å². The maximum absolute atomic E-state index is 10.5. The van der Waals surface area contributed by atoms with Crippen molar-refractivity contribution in [3.05, 3.63) is 63.2 Å². The minimum atomic E-state index is -0.456. The number of hydrogen-bond donors (Lipinski definition) is 0. The fourth-order valence-corrected chi connectivity index (χ4v) is 1.73. The number of ether oxygens (including phenoxy) is 1. The van der Waals surface area contributed by atoms with Crippen molar-refractivity contribution in [2.24, 2.45) is 0 Å². The molecular weight excluding hydrogens is 254 g/mol. The minimum absolute atomic E-state index is 0.0253. The first-order valence-corrected chi connectivity index (χ1v) is 5.62. The van der Waals surface area contributed by atoms with Crippen LogP contribution in [-0.4, -0.2) is 4.92 Å². The summed E-state index contributed by atoms with van der Waals surface area (Å²) in [6, 6.07) is 11.3. The summed E-state index contributed by atoms with van der Waals surface area (Å²) in [5.74, 6) is 1.03. The molecule has 2 aromatic carbocycles. The minimum Gasteiger partial charge on any atom is -0.456 e. The number of halogens is 1. The number of nitrogens with zero attached hydrogens (tertiary/aromatic N) is 1. The number of benzene rings is 2. The molecule has 2 rings (SSSR count). The molecule has 0 atom stereocenters. The van der Waals surface area contributed by atoms with Gasteiger partial charge in [-0.25, -0.2) is 0 Å². The molecule has 0 fully saturated rings. The van der Waals surface area contributed by atoms with Crippen LogP contribution >= 0.6 is 11.6 Å². The van der Waals surface area contributed by atoms with Crippen molar-refractivity contribution in [2.75, 3.05) is 0 Å². The first kappa shape index (κ1) is 12.4. The lowest BCUT2D eigenvalue weighted by molar-refractivity contribution is -0.384. The van der Waals surface area contributed by atoms with Crippen LogP contribution in [0.15, 0.2) is 42.5 Å². The van der Waals surface area contributed by atoms with Gasteiger partial charge in [0.05, 0.1) is 9.95 Å². The second-order valence-electron chi connectivity index (χ2n) is 3.79. The van der Waals surface area contributed by atoms with Gasteiger partial charge in [0, 0.05) is 12.1 Å². The van der Waals surface area contributed by atoms with Crippen molar-refractivity contribution < 1.29 is 9.66 Å². The quantitative estimate of drug-likeness (QED) is 0.611. The van der Waals surface area contributed by atoms with Gasteiger partial charge in [-0.05, 0) is 36.8 Å². The predicted molar refractivity (Wildman–Crippen MR) is 69.4 cm³/mol. The third kappa shape index (κ3) is 2.78. The maximum atomic E-state index is 10.5. The van der Waals surface area contributed by atoms with E-state index in [9.17, 15) is 10.1 Å². The normalized spacial score (nSPS) is 10.1. The molecule has 0 radical (unpaired) electrons. The Morgan fingerprint density at radius 3 is 2.39 bits per heavy atom. The molecule has 0 saturated carbocycles. The predicted octanol–water partition coefficient (Wildman–Crippen LogP) is 4.35. The molecular formula is C13H10ClNO3. The average Bonchev–Trinajstić information content (AvgIpc) is 2.33. The van der Waals surface area contributed by atoms with Gasteiger partial charge < -0.3 is 4.74 Å². The average molecular weight is 264 g/mol. The SMILES string of the molecule is Cc1ccc(Oc2ccc([N+](=O)[O-])cc2)c(Cl)c1. The molecule has 4 nitrogen and oxygen atoms in total. The molecule has 0 aliphatic rings. The van der Waals surface area contributed by atoms with E-state index in [1.807, 2.05) is 13.0 Å². The fourth-order valence-electron chi connectivity index (χ4n) is 1.45. The van der Waals surface area contributed by atoms with Crippen LogP contribution < -0.4 is 4.74 Å². The molecule has 0 amide bonds. The molecule has 18 heavy (non-hydrogen) atoms. The van der Waals surface area contributed by atoms with Gasteiger partial charge in [0.2, 0.25) is 0 Å². The monoisotopic (exact) mass is 263 g/mol. The van der Waals surface area contributed by atoms with Crippen LogP contribution in [0.4, 0.5) is 5.69 Å². The van der Waals surface area contributed by atoms with E-state index in [1.54, 1.807) is 12.1 Å². The van der Waals surface area contributed by atoms with Crippen LogP contribution in [0.2, 0.25) is 5.02 Å². The third-order valence-electron chi connectivity index (χ3n) is 2.36. The van der Waals surface area contributed by atoms with Crippen molar-refractivity contribution >= 4 is 17.3 Å². The van der Waals surface area contributed by atoms with Crippen LogP contribution in [0.1, 0.15) is 5.56 Å². The molecule has 0 heterocycles. The van der Waals surface area contributed by atoms with Gasteiger partial charge in [-0.2, -0.15) is 0 Å². The summed E-state index contributed by atoms with van der Waals surface area (Å²) < 4.78 is 5.54. The van der Waals surface area contributed by atoms with Crippen molar-refractivity contribution in [2.45, 2.75) is 6.92 Å². The summed E-state index contributed by atoms with van der Waals surface area (Å²) in [6.45, 7) is 1.93. The Balaban J connectivity index is 2.21. The molecule has 2 aromatic rings. The Labute approximate surface area is 109 Å². The maximum Gasteiger partial charge on any atom is 0.269 e. The molecule has 0 spiro atoms. The Bertz CT molecular complexity index is 581. The zero-order valence-corrected chi connectivity index (χ0v) is 10.3. The Kier molecular flexibility index (Phi) is 3.48. The second kappa shape index (κ2) is 5.06. The zero-order chi connectivity index (χ0) is 13.1. The lowest BCUT2D eigenvalue weighted by Gasteiger charge is -2.07. The molecule has 5 heteroatoms. The van der Waals surface area contributed by atoms with E-state index < -0.39 is 4.92 Å². The largest absolute Gasteiger partial charge is 0.456 e. The summed E-state index contributed by atoms with van der Waals surface area (Å²) in [6.07, 6.45) is 0. The summed E-state index contributed by atoms with van der Waals surface area (Å²) in [7, 11) is 0. The van der Waals surface area contributed by atoms with E-state index in [1.165, 1.54) is 24.3 Å². The molecule has 0 unspecified atom stereocenters. The molecule has 0 aromatic heterocycles. The van der Waals surface area contributed by atoms with E-state index in [0.29, 0.717) is 16.5 Å². The first-order chi connectivity index (χ1) is 8.56. The van der Waals surface area contributed by atoms with Gasteiger partial charge in [0.15, 0.2) is 0 Å². The Hall–Kier alpha value is -2.07. The van der Waals surface area contributed by atoms with Crippen LogP contribution in [0.25, 0.3) is 0 Å². The van der Waals surface area contributed by atoms with Gasteiger partial charge in [0.1, 0.15) is 11.5 Å².